The van der Waals surface area contributed by atoms with E-state index in [0.29, 0.717) is 5.56 Å². The Morgan fingerprint density at radius 1 is 0.897 bits per heavy atom. The Morgan fingerprint density at radius 3 is 2.52 bits per heavy atom. The van der Waals surface area contributed by atoms with Crippen LogP contribution in [0.1, 0.15) is 15.2 Å². The Kier molecular flexibility index (Phi) is 3.39. The molecular formula is C26H25NOSi. The number of para-hydroxylation sites is 1. The first-order valence-corrected chi connectivity index (χ1v) is 13.7. The summed E-state index contributed by atoms with van der Waals surface area (Å²) in [6, 6.07) is 21.3. The van der Waals surface area contributed by atoms with Crippen LogP contribution in [0.5, 0.6) is 0 Å². The van der Waals surface area contributed by atoms with Crippen LogP contribution in [-0.4, -0.2) is 13.1 Å². The fourth-order valence-electron chi connectivity index (χ4n) is 4.09. The van der Waals surface area contributed by atoms with E-state index in [2.05, 4.69) is 55.0 Å². The summed E-state index contributed by atoms with van der Waals surface area (Å²) in [7, 11) is -1.54. The van der Waals surface area contributed by atoms with Crippen molar-refractivity contribution in [1.82, 2.24) is 4.98 Å². The van der Waals surface area contributed by atoms with Crippen LogP contribution >= 0.6 is 0 Å². The Bertz CT molecular complexity index is 1480. The summed E-state index contributed by atoms with van der Waals surface area (Å²) in [5.41, 5.74) is 4.51. The largest absolute Gasteiger partial charge is 0.455 e. The second-order valence-corrected chi connectivity index (χ2v) is 14.4. The first kappa shape index (κ1) is 15.0. The molecular weight excluding hydrogens is 370 g/mol. The molecule has 0 amide bonds. The van der Waals surface area contributed by atoms with Gasteiger partial charge >= 0.3 is 0 Å². The normalized spacial score (nSPS) is 14.2. The van der Waals surface area contributed by atoms with Crippen molar-refractivity contribution in [3.8, 4) is 11.3 Å². The number of rotatable bonds is 3. The quantitative estimate of drug-likeness (QED) is 0.294. The molecule has 5 rings (SSSR count). The van der Waals surface area contributed by atoms with E-state index in [9.17, 15) is 0 Å². The van der Waals surface area contributed by atoms with Crippen molar-refractivity contribution in [3.63, 3.8) is 0 Å². The van der Waals surface area contributed by atoms with Gasteiger partial charge in [0.2, 0.25) is 0 Å². The Morgan fingerprint density at radius 2 is 1.69 bits per heavy atom. The fourth-order valence-corrected chi connectivity index (χ4v) is 5.53. The second kappa shape index (κ2) is 6.56. The van der Waals surface area contributed by atoms with Gasteiger partial charge in [-0.1, -0.05) is 62.1 Å². The third-order valence-corrected chi connectivity index (χ3v) is 6.82. The van der Waals surface area contributed by atoms with Gasteiger partial charge in [-0.2, -0.15) is 0 Å². The van der Waals surface area contributed by atoms with E-state index in [0.717, 1.165) is 55.6 Å². The van der Waals surface area contributed by atoms with Crippen LogP contribution < -0.4 is 0 Å². The molecule has 3 aromatic carbocycles. The van der Waals surface area contributed by atoms with Gasteiger partial charge in [0, 0.05) is 40.1 Å². The first-order chi connectivity index (χ1) is 15.1. The second-order valence-electron chi connectivity index (χ2n) is 8.91. The van der Waals surface area contributed by atoms with Gasteiger partial charge in [0.15, 0.2) is 0 Å². The van der Waals surface area contributed by atoms with E-state index in [1.165, 1.54) is 6.20 Å². The predicted molar refractivity (Wildman–Crippen MR) is 126 cm³/mol. The van der Waals surface area contributed by atoms with Crippen molar-refractivity contribution in [3.05, 3.63) is 78.0 Å². The Labute approximate surface area is 176 Å². The molecule has 0 N–H and O–H groups in total. The zero-order chi connectivity index (χ0) is 22.7. The average molecular weight is 399 g/mol. The van der Waals surface area contributed by atoms with Crippen LogP contribution in [0.15, 0.2) is 71.3 Å². The van der Waals surface area contributed by atoms with Crippen LogP contribution in [0.4, 0.5) is 0 Å². The maximum Gasteiger partial charge on any atom is 0.144 e. The van der Waals surface area contributed by atoms with Crippen molar-refractivity contribution in [2.45, 2.75) is 32.5 Å². The molecule has 2 nitrogen and oxygen atoms in total. The highest BCUT2D eigenvalue weighted by atomic mass is 28.3. The van der Waals surface area contributed by atoms with Gasteiger partial charge in [-0.25, -0.2) is 0 Å². The number of hydrogen-bond acceptors (Lipinski definition) is 2. The highest BCUT2D eigenvalue weighted by Crippen LogP contribution is 2.38. The number of fused-ring (bicyclic) bond motifs is 5. The van der Waals surface area contributed by atoms with E-state index >= 15 is 0 Å². The number of hydrogen-bond donors (Lipinski definition) is 0. The summed E-state index contributed by atoms with van der Waals surface area (Å²) in [6.45, 7) is 4.58. The molecule has 2 aromatic heterocycles. The lowest BCUT2D eigenvalue weighted by atomic mass is 10.0. The van der Waals surface area contributed by atoms with E-state index < -0.39 is 14.9 Å². The minimum absolute atomic E-state index is 0.353. The molecule has 2 heterocycles. The van der Waals surface area contributed by atoms with Gasteiger partial charge in [-0.3, -0.25) is 4.98 Å². The van der Waals surface area contributed by atoms with Crippen molar-refractivity contribution >= 4 is 40.8 Å². The molecule has 0 spiro atoms. The third kappa shape index (κ3) is 3.16. The van der Waals surface area contributed by atoms with Gasteiger partial charge in [-0.05, 0) is 47.6 Å². The standard InChI is InChI=1S/C26H25NOSi/c1-17-15-27-24(14-19(17)16-29(2,3)4)23-11-7-10-21-22-13-12-18-8-5-6-9-20(18)25(22)28-26(21)23/h5-15H,16H2,1-4H3/i1D3. The van der Waals surface area contributed by atoms with Gasteiger partial charge in [0.05, 0.1) is 5.69 Å². The van der Waals surface area contributed by atoms with Gasteiger partial charge in [-0.15, -0.1) is 0 Å². The van der Waals surface area contributed by atoms with Gasteiger partial charge in [0.25, 0.3) is 0 Å². The van der Waals surface area contributed by atoms with E-state index in [-0.39, 0.29) is 0 Å². The van der Waals surface area contributed by atoms with E-state index in [1.807, 2.05) is 30.3 Å². The van der Waals surface area contributed by atoms with Crippen molar-refractivity contribution in [2.24, 2.45) is 0 Å². The topological polar surface area (TPSA) is 26.0 Å². The molecule has 0 aliphatic carbocycles. The number of benzene rings is 3. The molecule has 0 saturated heterocycles. The SMILES string of the molecule is [2H]C([2H])([2H])c1cnc(-c2cccc3c2oc2c4ccccc4ccc32)cc1C[Si](C)(C)C. The van der Waals surface area contributed by atoms with E-state index in [1.54, 1.807) is 0 Å². The zero-order valence-corrected chi connectivity index (χ0v) is 17.9. The van der Waals surface area contributed by atoms with Crippen LogP contribution in [0, 0.1) is 6.85 Å². The number of pyridine rings is 1. The molecule has 0 atom stereocenters. The lowest BCUT2D eigenvalue weighted by Crippen LogP contribution is -2.24. The predicted octanol–water partition coefficient (Wildman–Crippen LogP) is 7.53. The summed E-state index contributed by atoms with van der Waals surface area (Å²) in [5.74, 6) is 0. The molecule has 0 radical (unpaired) electrons. The maximum absolute atomic E-state index is 7.97. The fraction of sp³-hybridized carbons (Fsp3) is 0.192. The zero-order valence-electron chi connectivity index (χ0n) is 19.9. The molecule has 0 aliphatic rings. The van der Waals surface area contributed by atoms with Crippen LogP contribution in [-0.2, 0) is 6.04 Å². The molecule has 29 heavy (non-hydrogen) atoms. The highest BCUT2D eigenvalue weighted by molar-refractivity contribution is 6.75. The lowest BCUT2D eigenvalue weighted by molar-refractivity contribution is 0.673. The maximum atomic E-state index is 7.97. The lowest BCUT2D eigenvalue weighted by Gasteiger charge is -2.18. The monoisotopic (exact) mass is 398 g/mol. The molecule has 5 aromatic rings. The Balaban J connectivity index is 1.76. The molecule has 0 unspecified atom stereocenters. The van der Waals surface area contributed by atoms with Crippen molar-refractivity contribution in [1.29, 1.82) is 0 Å². The average Bonchev–Trinajstić information content (AvgIpc) is 3.11. The summed E-state index contributed by atoms with van der Waals surface area (Å²) in [6.07, 6.45) is 1.54. The summed E-state index contributed by atoms with van der Waals surface area (Å²) >= 11 is 0. The van der Waals surface area contributed by atoms with Gasteiger partial charge in [0.1, 0.15) is 11.2 Å². The number of furan rings is 1. The molecule has 0 bridgehead atoms. The number of aromatic nitrogens is 1. The van der Waals surface area contributed by atoms with Crippen LogP contribution in [0.25, 0.3) is 44.0 Å². The Hall–Kier alpha value is -2.91. The molecule has 0 fully saturated rings. The number of nitrogens with zero attached hydrogens (tertiary/aromatic N) is 1. The van der Waals surface area contributed by atoms with Gasteiger partial charge < -0.3 is 4.42 Å². The van der Waals surface area contributed by atoms with Crippen LogP contribution in [0.3, 0.4) is 0 Å². The van der Waals surface area contributed by atoms with Crippen molar-refractivity contribution < 1.29 is 8.53 Å². The van der Waals surface area contributed by atoms with Crippen LogP contribution in [0.2, 0.25) is 19.6 Å². The third-order valence-electron chi connectivity index (χ3n) is 5.38. The summed E-state index contributed by atoms with van der Waals surface area (Å²) in [5, 5.41) is 4.33. The molecule has 0 saturated carbocycles. The highest BCUT2D eigenvalue weighted by Gasteiger charge is 2.18. The minimum atomic E-state index is -2.18. The smallest absolute Gasteiger partial charge is 0.144 e. The van der Waals surface area contributed by atoms with E-state index in [4.69, 9.17) is 8.53 Å². The first-order valence-electron chi connectivity index (χ1n) is 11.4. The molecule has 3 heteroatoms. The minimum Gasteiger partial charge on any atom is -0.455 e. The number of aryl methyl sites for hydroxylation is 1. The molecule has 144 valence electrons. The summed E-state index contributed by atoms with van der Waals surface area (Å²) in [4.78, 5) is 4.58. The molecule has 0 aliphatic heterocycles. The summed E-state index contributed by atoms with van der Waals surface area (Å²) < 4.78 is 30.4. The van der Waals surface area contributed by atoms with Crippen molar-refractivity contribution in [2.75, 3.05) is 0 Å².